The van der Waals surface area contributed by atoms with Crippen LogP contribution >= 0.6 is 0 Å². The van der Waals surface area contributed by atoms with Gasteiger partial charge in [0, 0.05) is 18.7 Å². The van der Waals surface area contributed by atoms with Gasteiger partial charge in [0.05, 0.1) is 20.3 Å². The van der Waals surface area contributed by atoms with Gasteiger partial charge in [-0.05, 0) is 25.0 Å². The van der Waals surface area contributed by atoms with Crippen LogP contribution in [0.1, 0.15) is 18.7 Å². The highest BCUT2D eigenvalue weighted by Gasteiger charge is 2.14. The monoisotopic (exact) mass is 262 g/mol. The van der Waals surface area contributed by atoms with Crippen LogP contribution in [-0.2, 0) is 11.3 Å². The molecule has 1 aliphatic rings. The number of aromatic nitrogens is 1. The van der Waals surface area contributed by atoms with E-state index in [1.807, 2.05) is 18.2 Å². The zero-order valence-corrected chi connectivity index (χ0v) is 11.0. The van der Waals surface area contributed by atoms with Crippen LogP contribution < -0.4 is 10.1 Å². The van der Waals surface area contributed by atoms with E-state index in [9.17, 15) is 0 Å². The first-order valence-corrected chi connectivity index (χ1v) is 6.60. The fraction of sp³-hybridized carbons (Fsp3) is 0.500. The number of rotatable bonds is 4. The van der Waals surface area contributed by atoms with Gasteiger partial charge in [-0.25, -0.2) is 4.98 Å². The highest BCUT2D eigenvalue weighted by atomic mass is 16.5. The van der Waals surface area contributed by atoms with E-state index in [-0.39, 0.29) is 0 Å². The van der Waals surface area contributed by atoms with Gasteiger partial charge in [0.2, 0.25) is 5.89 Å². The minimum absolute atomic E-state index is 0.401. The Hall–Kier alpha value is -1.59. The van der Waals surface area contributed by atoms with Gasteiger partial charge in [0.15, 0.2) is 5.58 Å². The first kappa shape index (κ1) is 12.4. The fourth-order valence-electron chi connectivity index (χ4n) is 2.29. The molecule has 1 fully saturated rings. The van der Waals surface area contributed by atoms with Gasteiger partial charge in [-0.2, -0.15) is 0 Å². The highest BCUT2D eigenvalue weighted by Crippen LogP contribution is 2.21. The molecule has 3 rings (SSSR count). The summed E-state index contributed by atoms with van der Waals surface area (Å²) in [5.74, 6) is 1.50. The van der Waals surface area contributed by atoms with E-state index in [0.29, 0.717) is 18.5 Å². The molecule has 0 aliphatic carbocycles. The molecule has 0 amide bonds. The van der Waals surface area contributed by atoms with Gasteiger partial charge in [-0.15, -0.1) is 0 Å². The Kier molecular flexibility index (Phi) is 3.66. The maximum atomic E-state index is 5.69. The van der Waals surface area contributed by atoms with E-state index in [1.54, 1.807) is 7.11 Å². The molecule has 0 spiro atoms. The van der Waals surface area contributed by atoms with Gasteiger partial charge >= 0.3 is 0 Å². The lowest BCUT2D eigenvalue weighted by atomic mass is 10.1. The highest BCUT2D eigenvalue weighted by molar-refractivity contribution is 5.74. The molecule has 1 aromatic carbocycles. The number of hydrogen-bond acceptors (Lipinski definition) is 5. The van der Waals surface area contributed by atoms with Crippen LogP contribution in [0.4, 0.5) is 0 Å². The summed E-state index contributed by atoms with van der Waals surface area (Å²) in [6, 6.07) is 6.04. The normalized spacial score (nSPS) is 19.7. The lowest BCUT2D eigenvalue weighted by Crippen LogP contribution is -2.36. The largest absolute Gasteiger partial charge is 0.497 e. The third-order valence-corrected chi connectivity index (χ3v) is 3.34. The van der Waals surface area contributed by atoms with E-state index in [0.717, 1.165) is 42.9 Å². The Bertz CT molecular complexity index is 547. The molecule has 0 saturated carbocycles. The van der Waals surface area contributed by atoms with Crippen molar-refractivity contribution in [3.63, 3.8) is 0 Å². The maximum Gasteiger partial charge on any atom is 0.209 e. The summed E-state index contributed by atoms with van der Waals surface area (Å²) in [5.41, 5.74) is 1.62. The molecular formula is C14H18N2O3. The number of fused-ring (bicyclic) bond motifs is 1. The second-order valence-electron chi connectivity index (χ2n) is 4.74. The van der Waals surface area contributed by atoms with Crippen LogP contribution in [0.5, 0.6) is 5.75 Å². The molecule has 2 aromatic rings. The van der Waals surface area contributed by atoms with E-state index in [1.165, 1.54) is 0 Å². The average molecular weight is 262 g/mol. The van der Waals surface area contributed by atoms with Crippen LogP contribution in [-0.4, -0.2) is 31.3 Å². The topological polar surface area (TPSA) is 56.5 Å². The molecule has 5 nitrogen and oxygen atoms in total. The third-order valence-electron chi connectivity index (χ3n) is 3.34. The molecule has 1 aromatic heterocycles. The zero-order valence-electron chi connectivity index (χ0n) is 11.0. The van der Waals surface area contributed by atoms with Gasteiger partial charge < -0.3 is 19.2 Å². The Balaban J connectivity index is 1.67. The van der Waals surface area contributed by atoms with Gasteiger partial charge in [-0.3, -0.25) is 0 Å². The molecule has 1 saturated heterocycles. The van der Waals surface area contributed by atoms with Gasteiger partial charge in [-0.1, -0.05) is 0 Å². The predicted octanol–water partition coefficient (Wildman–Crippen LogP) is 2.10. The molecule has 102 valence electrons. The smallest absolute Gasteiger partial charge is 0.209 e. The molecule has 0 bridgehead atoms. The van der Waals surface area contributed by atoms with Crippen molar-refractivity contribution in [2.75, 3.05) is 20.3 Å². The lowest BCUT2D eigenvalue weighted by Gasteiger charge is -2.22. The second-order valence-corrected chi connectivity index (χ2v) is 4.74. The fourth-order valence-corrected chi connectivity index (χ4v) is 2.29. The van der Waals surface area contributed by atoms with Crippen LogP contribution in [0.2, 0.25) is 0 Å². The minimum atomic E-state index is 0.401. The van der Waals surface area contributed by atoms with Crippen LogP contribution in [0.3, 0.4) is 0 Å². The minimum Gasteiger partial charge on any atom is -0.497 e. The van der Waals surface area contributed by atoms with E-state index in [4.69, 9.17) is 13.9 Å². The van der Waals surface area contributed by atoms with Crippen molar-refractivity contribution < 1.29 is 13.9 Å². The molecule has 0 unspecified atom stereocenters. The second kappa shape index (κ2) is 5.59. The standard InChI is InChI=1S/C14H18N2O3/c1-17-11-4-5-13-12(7-11)16-14(19-13)8-15-10-3-2-6-18-9-10/h4-5,7,10,15H,2-3,6,8-9H2,1H3/t10-/m1/s1. The maximum absolute atomic E-state index is 5.69. The van der Waals surface area contributed by atoms with E-state index in [2.05, 4.69) is 10.3 Å². The van der Waals surface area contributed by atoms with Gasteiger partial charge in [0.25, 0.3) is 0 Å². The third kappa shape index (κ3) is 2.88. The molecule has 19 heavy (non-hydrogen) atoms. The van der Waals surface area contributed by atoms with E-state index < -0.39 is 0 Å². The number of nitrogens with zero attached hydrogens (tertiary/aromatic N) is 1. The summed E-state index contributed by atoms with van der Waals surface area (Å²) in [4.78, 5) is 4.46. The van der Waals surface area contributed by atoms with Crippen molar-refractivity contribution in [1.82, 2.24) is 10.3 Å². The SMILES string of the molecule is COc1ccc2oc(CN[C@@H]3CCCOC3)nc2c1. The first-order chi connectivity index (χ1) is 9.35. The zero-order chi connectivity index (χ0) is 13.1. The molecule has 1 N–H and O–H groups in total. The molecule has 0 radical (unpaired) electrons. The molecule has 1 aliphatic heterocycles. The Morgan fingerprint density at radius 2 is 2.42 bits per heavy atom. The number of oxazole rings is 1. The first-order valence-electron chi connectivity index (χ1n) is 6.60. The molecule has 2 heterocycles. The van der Waals surface area contributed by atoms with Crippen molar-refractivity contribution in [2.24, 2.45) is 0 Å². The summed E-state index contributed by atoms with van der Waals surface area (Å²) < 4.78 is 16.3. The number of ether oxygens (including phenoxy) is 2. The van der Waals surface area contributed by atoms with Crippen molar-refractivity contribution >= 4 is 11.1 Å². The summed E-state index contributed by atoms with van der Waals surface area (Å²) in [5, 5.41) is 3.41. The number of nitrogens with one attached hydrogen (secondary N) is 1. The Morgan fingerprint density at radius 3 is 3.21 bits per heavy atom. The van der Waals surface area contributed by atoms with Crippen molar-refractivity contribution in [2.45, 2.75) is 25.4 Å². The molecule has 5 heteroatoms. The predicted molar refractivity (Wildman–Crippen MR) is 71.2 cm³/mol. The Labute approximate surface area is 111 Å². The summed E-state index contributed by atoms with van der Waals surface area (Å²) in [6.45, 7) is 2.28. The summed E-state index contributed by atoms with van der Waals surface area (Å²) in [7, 11) is 1.65. The van der Waals surface area contributed by atoms with Crippen molar-refractivity contribution in [1.29, 1.82) is 0 Å². The molecular weight excluding hydrogens is 244 g/mol. The average Bonchev–Trinajstić information content (AvgIpc) is 2.88. The molecule has 1 atom stereocenters. The Morgan fingerprint density at radius 1 is 1.47 bits per heavy atom. The summed E-state index contributed by atoms with van der Waals surface area (Å²) >= 11 is 0. The van der Waals surface area contributed by atoms with Crippen molar-refractivity contribution in [3.8, 4) is 5.75 Å². The number of methoxy groups -OCH3 is 1. The van der Waals surface area contributed by atoms with Gasteiger partial charge in [0.1, 0.15) is 11.3 Å². The number of benzene rings is 1. The van der Waals surface area contributed by atoms with E-state index >= 15 is 0 Å². The number of hydrogen-bond donors (Lipinski definition) is 1. The van der Waals surface area contributed by atoms with Crippen LogP contribution in [0.25, 0.3) is 11.1 Å². The quantitative estimate of drug-likeness (QED) is 0.914. The van der Waals surface area contributed by atoms with Crippen molar-refractivity contribution in [3.05, 3.63) is 24.1 Å². The van der Waals surface area contributed by atoms with Crippen LogP contribution in [0.15, 0.2) is 22.6 Å². The van der Waals surface area contributed by atoms with Crippen LogP contribution in [0, 0.1) is 0 Å². The summed E-state index contributed by atoms with van der Waals surface area (Å²) in [6.07, 6.45) is 2.26. The lowest BCUT2D eigenvalue weighted by molar-refractivity contribution is 0.0692.